The van der Waals surface area contributed by atoms with Crippen LogP contribution >= 0.6 is 0 Å². The molecule has 0 aromatic rings. The lowest BCUT2D eigenvalue weighted by molar-refractivity contribution is -0.121. The molecule has 0 amide bonds. The van der Waals surface area contributed by atoms with Crippen molar-refractivity contribution >= 4 is 5.78 Å². The van der Waals surface area contributed by atoms with Gasteiger partial charge in [-0.25, -0.2) is 0 Å². The van der Waals surface area contributed by atoms with Gasteiger partial charge in [-0.1, -0.05) is 11.6 Å². The lowest BCUT2D eigenvalue weighted by Gasteiger charge is -2.27. The molecule has 14 heavy (non-hydrogen) atoms. The summed E-state index contributed by atoms with van der Waals surface area (Å²) in [5, 5.41) is 0. The number of carbonyl (C=O) groups is 1. The third-order valence-corrected chi connectivity index (χ3v) is 2.90. The molecular formula is C11H17NO2. The molecule has 0 aromatic carbocycles. The number of piperidine rings is 1. The van der Waals surface area contributed by atoms with Crippen LogP contribution in [-0.4, -0.2) is 43.5 Å². The summed E-state index contributed by atoms with van der Waals surface area (Å²) in [5.41, 5.74) is 1.48. The first-order valence-corrected chi connectivity index (χ1v) is 5.34. The topological polar surface area (TPSA) is 29.5 Å². The average molecular weight is 195 g/mol. The van der Waals surface area contributed by atoms with Gasteiger partial charge < -0.3 is 4.74 Å². The summed E-state index contributed by atoms with van der Waals surface area (Å²) in [5.74, 6) is 0.419. The van der Waals surface area contributed by atoms with Gasteiger partial charge >= 0.3 is 0 Å². The molecule has 0 aliphatic carbocycles. The highest BCUT2D eigenvalue weighted by molar-refractivity contribution is 5.79. The smallest absolute Gasteiger partial charge is 0.135 e. The predicted molar refractivity (Wildman–Crippen MR) is 54.2 cm³/mol. The zero-order valence-electron chi connectivity index (χ0n) is 8.50. The fourth-order valence-electron chi connectivity index (χ4n) is 1.96. The number of carbonyl (C=O) groups excluding carboxylic acids is 1. The minimum atomic E-state index is 0.419. The Hall–Kier alpha value is -0.670. The highest BCUT2D eigenvalue weighted by Gasteiger charge is 2.17. The number of hydrogen-bond donors (Lipinski definition) is 0. The van der Waals surface area contributed by atoms with Gasteiger partial charge in [0.05, 0.1) is 13.2 Å². The maximum Gasteiger partial charge on any atom is 0.135 e. The van der Waals surface area contributed by atoms with Crippen molar-refractivity contribution in [3.05, 3.63) is 11.6 Å². The van der Waals surface area contributed by atoms with Crippen molar-refractivity contribution in [3.63, 3.8) is 0 Å². The van der Waals surface area contributed by atoms with Crippen LogP contribution in [0.4, 0.5) is 0 Å². The van der Waals surface area contributed by atoms with Gasteiger partial charge in [-0.3, -0.25) is 9.69 Å². The fourth-order valence-corrected chi connectivity index (χ4v) is 1.96. The second-order valence-corrected chi connectivity index (χ2v) is 4.00. The summed E-state index contributed by atoms with van der Waals surface area (Å²) >= 11 is 0. The Labute approximate surface area is 84.7 Å². The van der Waals surface area contributed by atoms with E-state index in [4.69, 9.17) is 4.74 Å². The lowest BCUT2D eigenvalue weighted by Crippen LogP contribution is -2.35. The van der Waals surface area contributed by atoms with Crippen LogP contribution in [0, 0.1) is 0 Å². The number of Topliss-reactive ketones (excluding diaryl/α,β-unsaturated/α-hetero) is 1. The van der Waals surface area contributed by atoms with Gasteiger partial charge in [0.1, 0.15) is 5.78 Å². The molecule has 1 fully saturated rings. The Balaban J connectivity index is 1.79. The predicted octanol–water partition coefficient (Wildman–Crippen LogP) is 0.998. The van der Waals surface area contributed by atoms with Gasteiger partial charge in [-0.2, -0.15) is 0 Å². The zero-order valence-corrected chi connectivity index (χ0v) is 8.50. The second-order valence-electron chi connectivity index (χ2n) is 4.00. The largest absolute Gasteiger partial charge is 0.377 e. The third kappa shape index (κ3) is 2.66. The van der Waals surface area contributed by atoms with E-state index in [0.717, 1.165) is 52.1 Å². The molecule has 0 unspecified atom stereocenters. The molecule has 2 aliphatic heterocycles. The zero-order chi connectivity index (χ0) is 9.80. The van der Waals surface area contributed by atoms with Gasteiger partial charge in [-0.05, 0) is 6.42 Å². The summed E-state index contributed by atoms with van der Waals surface area (Å²) in [6, 6.07) is 0. The van der Waals surface area contributed by atoms with Gasteiger partial charge in [0.25, 0.3) is 0 Å². The maximum absolute atomic E-state index is 11.0. The first kappa shape index (κ1) is 9.87. The van der Waals surface area contributed by atoms with Crippen LogP contribution in [0.5, 0.6) is 0 Å². The van der Waals surface area contributed by atoms with Crippen molar-refractivity contribution < 1.29 is 9.53 Å². The molecule has 0 spiro atoms. The Bertz CT molecular complexity index is 238. The Morgan fingerprint density at radius 2 is 2.07 bits per heavy atom. The molecule has 2 heterocycles. The minimum Gasteiger partial charge on any atom is -0.377 e. The second kappa shape index (κ2) is 4.71. The van der Waals surface area contributed by atoms with Crippen molar-refractivity contribution in [2.45, 2.75) is 19.3 Å². The van der Waals surface area contributed by atoms with E-state index >= 15 is 0 Å². The van der Waals surface area contributed by atoms with Crippen LogP contribution in [0.1, 0.15) is 19.3 Å². The number of nitrogens with zero attached hydrogens (tertiary/aromatic N) is 1. The summed E-state index contributed by atoms with van der Waals surface area (Å²) in [6.45, 7) is 4.55. The molecular weight excluding hydrogens is 178 g/mol. The molecule has 2 aliphatic rings. The molecule has 0 saturated carbocycles. The van der Waals surface area contributed by atoms with Crippen molar-refractivity contribution in [2.24, 2.45) is 0 Å². The van der Waals surface area contributed by atoms with E-state index < -0.39 is 0 Å². The van der Waals surface area contributed by atoms with Crippen molar-refractivity contribution in [3.8, 4) is 0 Å². The number of ketones is 1. The molecule has 1 saturated heterocycles. The van der Waals surface area contributed by atoms with Crippen LogP contribution in [0.2, 0.25) is 0 Å². The van der Waals surface area contributed by atoms with E-state index in [2.05, 4.69) is 11.0 Å². The monoisotopic (exact) mass is 195 g/mol. The molecule has 0 aromatic heterocycles. The van der Waals surface area contributed by atoms with Crippen LogP contribution in [0.3, 0.4) is 0 Å². The van der Waals surface area contributed by atoms with E-state index in [1.165, 1.54) is 5.57 Å². The summed E-state index contributed by atoms with van der Waals surface area (Å²) < 4.78 is 5.26. The number of rotatable bonds is 2. The average Bonchev–Trinajstić information content (AvgIpc) is 2.23. The lowest BCUT2D eigenvalue weighted by atomic mass is 10.1. The standard InChI is InChI=1S/C11H17NO2/c13-11-1-5-12(6-2-11)9-10-3-7-14-8-4-10/h3H,1-2,4-9H2. The molecule has 0 N–H and O–H groups in total. The van der Waals surface area contributed by atoms with E-state index in [0.29, 0.717) is 5.78 Å². The van der Waals surface area contributed by atoms with E-state index in [1.54, 1.807) is 0 Å². The van der Waals surface area contributed by atoms with E-state index in [9.17, 15) is 4.79 Å². The molecule has 3 heteroatoms. The Kier molecular flexibility index (Phi) is 3.32. The molecule has 2 rings (SSSR count). The van der Waals surface area contributed by atoms with E-state index in [1.807, 2.05) is 0 Å². The number of hydrogen-bond acceptors (Lipinski definition) is 3. The van der Waals surface area contributed by atoms with Crippen LogP contribution in [0.25, 0.3) is 0 Å². The van der Waals surface area contributed by atoms with Gasteiger partial charge in [0.2, 0.25) is 0 Å². The molecule has 78 valence electrons. The van der Waals surface area contributed by atoms with Crippen LogP contribution in [-0.2, 0) is 9.53 Å². The summed E-state index contributed by atoms with van der Waals surface area (Å²) in [7, 11) is 0. The minimum absolute atomic E-state index is 0.419. The maximum atomic E-state index is 11.0. The van der Waals surface area contributed by atoms with Gasteiger partial charge in [0.15, 0.2) is 0 Å². The first-order valence-electron chi connectivity index (χ1n) is 5.34. The van der Waals surface area contributed by atoms with Crippen LogP contribution < -0.4 is 0 Å². The molecule has 3 nitrogen and oxygen atoms in total. The number of ether oxygens (including phenoxy) is 1. The van der Waals surface area contributed by atoms with Crippen molar-refractivity contribution in [2.75, 3.05) is 32.8 Å². The van der Waals surface area contributed by atoms with Gasteiger partial charge in [-0.15, -0.1) is 0 Å². The van der Waals surface area contributed by atoms with E-state index in [-0.39, 0.29) is 0 Å². The normalized spacial score (nSPS) is 24.9. The number of likely N-dealkylation sites (tertiary alicyclic amines) is 1. The quantitative estimate of drug-likeness (QED) is 0.616. The SMILES string of the molecule is O=C1CCN(CC2=CCOCC2)CC1. The Morgan fingerprint density at radius 3 is 2.71 bits per heavy atom. The van der Waals surface area contributed by atoms with Crippen molar-refractivity contribution in [1.82, 2.24) is 4.90 Å². The summed E-state index contributed by atoms with van der Waals surface area (Å²) in [6.07, 6.45) is 4.72. The highest BCUT2D eigenvalue weighted by atomic mass is 16.5. The highest BCUT2D eigenvalue weighted by Crippen LogP contribution is 2.13. The Morgan fingerprint density at radius 1 is 1.29 bits per heavy atom. The molecule has 0 radical (unpaired) electrons. The molecule has 0 atom stereocenters. The fraction of sp³-hybridized carbons (Fsp3) is 0.727. The van der Waals surface area contributed by atoms with Gasteiger partial charge in [0, 0.05) is 32.5 Å². The molecule has 0 bridgehead atoms. The third-order valence-electron chi connectivity index (χ3n) is 2.90. The first-order chi connectivity index (χ1) is 6.84. The van der Waals surface area contributed by atoms with Crippen molar-refractivity contribution in [1.29, 1.82) is 0 Å². The van der Waals surface area contributed by atoms with Crippen LogP contribution in [0.15, 0.2) is 11.6 Å². The summed E-state index contributed by atoms with van der Waals surface area (Å²) in [4.78, 5) is 13.4.